The van der Waals surface area contributed by atoms with Crippen LogP contribution in [0.5, 0.6) is 0 Å². The third-order valence-corrected chi connectivity index (χ3v) is 9.86. The number of aliphatic hydroxyl groups is 1. The van der Waals surface area contributed by atoms with E-state index in [1.807, 2.05) is 64.1 Å². The molecule has 5 rings (SSSR count). The highest BCUT2D eigenvalue weighted by atomic mass is 16.6. The van der Waals surface area contributed by atoms with Crippen molar-refractivity contribution in [2.45, 2.75) is 71.4 Å². The smallest absolute Gasteiger partial charge is 0.407 e. The number of aromatic nitrogens is 4. The van der Waals surface area contributed by atoms with Crippen LogP contribution in [0.2, 0.25) is 0 Å². The Labute approximate surface area is 344 Å². The van der Waals surface area contributed by atoms with Crippen molar-refractivity contribution in [3.05, 3.63) is 83.4 Å². The fourth-order valence-electron chi connectivity index (χ4n) is 6.78. The summed E-state index contributed by atoms with van der Waals surface area (Å²) in [4.78, 5) is 53.0. The molecule has 0 unspecified atom stereocenters. The first-order valence-corrected chi connectivity index (χ1v) is 20.0. The van der Waals surface area contributed by atoms with Crippen molar-refractivity contribution in [1.29, 1.82) is 0 Å². The number of alkyl carbamates (subject to hydrolysis) is 1. The Kier molecular flexibility index (Phi) is 16.5. The van der Waals surface area contributed by atoms with Gasteiger partial charge in [-0.05, 0) is 123 Å². The lowest BCUT2D eigenvalue weighted by Gasteiger charge is -2.29. The van der Waals surface area contributed by atoms with Crippen LogP contribution in [0.4, 0.5) is 10.5 Å². The zero-order chi connectivity index (χ0) is 42.2. The monoisotopic (exact) mass is 812 g/mol. The number of amides is 4. The Balaban J connectivity index is 1.25. The molecule has 1 atom stereocenters. The average molecular weight is 813 g/mol. The average Bonchev–Trinajstić information content (AvgIpc) is 3.77. The third-order valence-electron chi connectivity index (χ3n) is 9.86. The Morgan fingerprint density at radius 1 is 0.881 bits per heavy atom. The molecule has 4 aromatic rings. The summed E-state index contributed by atoms with van der Waals surface area (Å²) < 4.78 is 16.0. The number of aryl methyl sites for hydroxylation is 1. The van der Waals surface area contributed by atoms with E-state index in [4.69, 9.17) is 19.3 Å². The van der Waals surface area contributed by atoms with E-state index in [0.29, 0.717) is 62.8 Å². The fraction of sp³-hybridized carbons (Fsp3) is 0.465. The molecule has 1 fully saturated rings. The number of nitrogens with one attached hydrogen (secondary N) is 5. The van der Waals surface area contributed by atoms with Crippen molar-refractivity contribution in [2.24, 2.45) is 11.8 Å². The molecule has 1 aliphatic rings. The van der Waals surface area contributed by atoms with Crippen molar-refractivity contribution in [2.75, 3.05) is 51.4 Å². The molecule has 4 amide bonds. The van der Waals surface area contributed by atoms with Crippen LogP contribution in [-0.4, -0.2) is 107 Å². The number of benzene rings is 3. The molecule has 0 saturated heterocycles. The predicted molar refractivity (Wildman–Crippen MR) is 221 cm³/mol. The third kappa shape index (κ3) is 14.3. The largest absolute Gasteiger partial charge is 0.444 e. The molecule has 3 aromatic carbocycles. The van der Waals surface area contributed by atoms with Gasteiger partial charge in [-0.15, -0.1) is 10.2 Å². The normalized spacial score (nSPS) is 15.8. The van der Waals surface area contributed by atoms with E-state index >= 15 is 0 Å². The van der Waals surface area contributed by atoms with E-state index in [0.717, 1.165) is 40.7 Å². The van der Waals surface area contributed by atoms with Gasteiger partial charge in [0.2, 0.25) is 17.6 Å². The van der Waals surface area contributed by atoms with Crippen LogP contribution >= 0.6 is 0 Å². The molecule has 6 N–H and O–H groups in total. The highest BCUT2D eigenvalue weighted by Gasteiger charge is 2.30. The number of nitrogens with zero attached hydrogens (tertiary/aromatic N) is 3. The van der Waals surface area contributed by atoms with E-state index in [2.05, 4.69) is 41.9 Å². The number of rotatable bonds is 19. The number of ether oxygens (including phenoxy) is 3. The summed E-state index contributed by atoms with van der Waals surface area (Å²) in [6, 6.07) is 19.4. The maximum Gasteiger partial charge on any atom is 0.407 e. The van der Waals surface area contributed by atoms with Gasteiger partial charge in [-0.2, -0.15) is 5.21 Å². The molecule has 16 nitrogen and oxygen atoms in total. The van der Waals surface area contributed by atoms with Crippen LogP contribution in [-0.2, 0) is 30.2 Å². The number of hydrogen-bond acceptors (Lipinski definition) is 11. The van der Waals surface area contributed by atoms with Crippen molar-refractivity contribution in [3.8, 4) is 22.5 Å². The summed E-state index contributed by atoms with van der Waals surface area (Å²) in [6.07, 6.45) is 2.53. The number of carbonyl (C=O) groups is 4. The highest BCUT2D eigenvalue weighted by Crippen LogP contribution is 2.30. The van der Waals surface area contributed by atoms with Gasteiger partial charge < -0.3 is 40.6 Å². The SMILES string of the molecule is Cc1ccc(C[C@H](NC(=O)C2CCC(CNC(=O)OC(C)(C)C)CC2)C(=O)Nc2ccc(-c3nn[nH]n3)cc2)cc1-c1cccc(C(=O)NCCOCCOCCO)c1. The van der Waals surface area contributed by atoms with E-state index < -0.39 is 17.7 Å². The minimum Gasteiger partial charge on any atom is -0.444 e. The standard InChI is InChI=1S/C43H56N8O8/c1-28-8-9-30(24-36(28)33-6-5-7-34(26-33)39(53)44-18-20-57-22-23-58-21-19-52)25-37(41(55)46-35-16-14-31(15-17-35)38-48-50-51-49-38)47-40(54)32-12-10-29(11-13-32)27-45-42(56)59-43(2,3)4/h5-9,14-17,24,26,29,32,37,52H,10-13,18-23,25,27H2,1-4H3,(H,44,53)(H,45,56)(H,46,55)(H,47,54)(H,48,49,50,51)/t29?,32?,37-/m0/s1. The van der Waals surface area contributed by atoms with Gasteiger partial charge in [-0.1, -0.05) is 30.3 Å². The van der Waals surface area contributed by atoms with Gasteiger partial charge in [0.05, 0.1) is 33.0 Å². The molecule has 0 radical (unpaired) electrons. The van der Waals surface area contributed by atoms with E-state index in [-0.39, 0.29) is 49.2 Å². The second-order valence-electron chi connectivity index (χ2n) is 15.6. The summed E-state index contributed by atoms with van der Waals surface area (Å²) in [5.74, 6) is -0.436. The van der Waals surface area contributed by atoms with Gasteiger partial charge in [0.15, 0.2) is 0 Å². The molecule has 0 spiro atoms. The molecule has 1 aliphatic carbocycles. The Hall–Kier alpha value is -5.71. The summed E-state index contributed by atoms with van der Waals surface area (Å²) in [5.41, 5.74) is 4.70. The summed E-state index contributed by atoms with van der Waals surface area (Å²) in [5, 5.41) is 34.6. The van der Waals surface area contributed by atoms with Crippen LogP contribution in [0.15, 0.2) is 66.7 Å². The van der Waals surface area contributed by atoms with Crippen LogP contribution < -0.4 is 21.3 Å². The van der Waals surface area contributed by atoms with E-state index in [9.17, 15) is 19.2 Å². The molecule has 1 aromatic heterocycles. The first-order chi connectivity index (χ1) is 28.4. The Bertz CT molecular complexity index is 1980. The molecule has 1 heterocycles. The lowest BCUT2D eigenvalue weighted by atomic mass is 9.81. The number of hydrogen-bond donors (Lipinski definition) is 6. The van der Waals surface area contributed by atoms with Crippen LogP contribution in [0, 0.1) is 18.8 Å². The molecular formula is C43H56N8O8. The summed E-state index contributed by atoms with van der Waals surface area (Å²) in [7, 11) is 0. The van der Waals surface area contributed by atoms with Gasteiger partial charge in [-0.25, -0.2) is 4.79 Å². The Morgan fingerprint density at radius 2 is 1.63 bits per heavy atom. The van der Waals surface area contributed by atoms with Crippen LogP contribution in [0.1, 0.15) is 67.9 Å². The number of carbonyl (C=O) groups excluding carboxylic acids is 4. The zero-order valence-corrected chi connectivity index (χ0v) is 34.2. The van der Waals surface area contributed by atoms with E-state index in [1.165, 1.54) is 0 Å². The maximum atomic E-state index is 14.0. The fourth-order valence-corrected chi connectivity index (χ4v) is 6.78. The minimum atomic E-state index is -0.901. The quantitative estimate of drug-likeness (QED) is 0.0720. The molecule has 0 bridgehead atoms. The van der Waals surface area contributed by atoms with E-state index in [1.54, 1.807) is 30.3 Å². The van der Waals surface area contributed by atoms with Gasteiger partial charge >= 0.3 is 6.09 Å². The van der Waals surface area contributed by atoms with Crippen molar-refractivity contribution in [1.82, 2.24) is 36.6 Å². The second kappa shape index (κ2) is 21.9. The molecule has 1 saturated carbocycles. The van der Waals surface area contributed by atoms with Crippen LogP contribution in [0.3, 0.4) is 0 Å². The van der Waals surface area contributed by atoms with Gasteiger partial charge in [-0.3, -0.25) is 14.4 Å². The molecule has 316 valence electrons. The predicted octanol–water partition coefficient (Wildman–Crippen LogP) is 4.59. The number of anilines is 1. The number of tetrazole rings is 1. The molecule has 59 heavy (non-hydrogen) atoms. The number of aromatic amines is 1. The lowest BCUT2D eigenvalue weighted by molar-refractivity contribution is -0.130. The summed E-state index contributed by atoms with van der Waals surface area (Å²) >= 11 is 0. The lowest BCUT2D eigenvalue weighted by Crippen LogP contribution is -2.48. The topological polar surface area (TPSA) is 219 Å². The number of H-pyrrole nitrogens is 1. The summed E-state index contributed by atoms with van der Waals surface area (Å²) in [6.45, 7) is 9.49. The molecule has 16 heteroatoms. The first-order valence-electron chi connectivity index (χ1n) is 20.0. The second-order valence-corrected chi connectivity index (χ2v) is 15.6. The molecule has 0 aliphatic heterocycles. The highest BCUT2D eigenvalue weighted by molar-refractivity contribution is 5.98. The zero-order valence-electron chi connectivity index (χ0n) is 34.2. The first kappa shape index (κ1) is 44.4. The van der Waals surface area contributed by atoms with Crippen molar-refractivity contribution >= 4 is 29.5 Å². The van der Waals surface area contributed by atoms with Gasteiger partial charge in [0, 0.05) is 42.2 Å². The van der Waals surface area contributed by atoms with Crippen LogP contribution in [0.25, 0.3) is 22.5 Å². The number of aliphatic hydroxyl groups excluding tert-OH is 1. The molecular weight excluding hydrogens is 757 g/mol. The van der Waals surface area contributed by atoms with Crippen molar-refractivity contribution < 1.29 is 38.5 Å². The Morgan fingerprint density at radius 3 is 2.32 bits per heavy atom. The minimum absolute atomic E-state index is 0.0438. The van der Waals surface area contributed by atoms with Gasteiger partial charge in [0.25, 0.3) is 5.91 Å². The van der Waals surface area contributed by atoms with Crippen molar-refractivity contribution in [3.63, 3.8) is 0 Å². The van der Waals surface area contributed by atoms with Gasteiger partial charge in [0.1, 0.15) is 11.6 Å². The maximum absolute atomic E-state index is 14.0.